The predicted molar refractivity (Wildman–Crippen MR) is 77.2 cm³/mol. The largest absolute Gasteiger partial charge is 0.355 e. The number of halogens is 1. The summed E-state index contributed by atoms with van der Waals surface area (Å²) in [6.45, 7) is 1.16. The van der Waals surface area contributed by atoms with Gasteiger partial charge in [0.15, 0.2) is 0 Å². The minimum atomic E-state index is -3.52. The number of hydrogen-bond donors (Lipinski definition) is 1. The summed E-state index contributed by atoms with van der Waals surface area (Å²) in [5.41, 5.74) is 0. The van der Waals surface area contributed by atoms with Crippen LogP contribution in [0.25, 0.3) is 0 Å². The monoisotopic (exact) mass is 317 g/mol. The molecule has 1 aliphatic rings. The third-order valence-electron chi connectivity index (χ3n) is 3.12. The molecule has 0 spiro atoms. The van der Waals surface area contributed by atoms with Crippen LogP contribution in [-0.2, 0) is 14.8 Å². The van der Waals surface area contributed by atoms with Crippen molar-refractivity contribution in [2.75, 3.05) is 24.2 Å². The number of hydrogen-bond acceptors (Lipinski definition) is 5. The van der Waals surface area contributed by atoms with Crippen LogP contribution in [0, 0.1) is 5.92 Å². The highest BCUT2D eigenvalue weighted by molar-refractivity contribution is 7.89. The number of aromatic nitrogens is 1. The Hall–Kier alpha value is -1.34. The van der Waals surface area contributed by atoms with E-state index in [9.17, 15) is 13.2 Å². The van der Waals surface area contributed by atoms with E-state index in [-0.39, 0.29) is 5.92 Å². The first-order valence-corrected chi connectivity index (χ1v) is 8.51. The molecule has 1 amide bonds. The quantitative estimate of drug-likeness (QED) is 0.900. The summed E-state index contributed by atoms with van der Waals surface area (Å²) >= 11 is 6.09. The summed E-state index contributed by atoms with van der Waals surface area (Å²) < 4.78 is 24.3. The molecule has 1 N–H and O–H groups in total. The average molecular weight is 318 g/mol. The summed E-state index contributed by atoms with van der Waals surface area (Å²) in [4.78, 5) is 18.0. The highest BCUT2D eigenvalue weighted by Crippen LogP contribution is 2.27. The molecular weight excluding hydrogens is 302 g/mol. The fraction of sp³-hybridized carbons (Fsp3) is 0.500. The first kappa shape index (κ1) is 15.1. The molecule has 110 valence electrons. The fourth-order valence-electron chi connectivity index (χ4n) is 2.26. The number of nitrogens with zero attached hydrogens (tertiary/aromatic N) is 2. The Morgan fingerprint density at radius 1 is 1.55 bits per heavy atom. The normalized spacial score (nSPS) is 19.7. The van der Waals surface area contributed by atoms with Crippen molar-refractivity contribution in [1.82, 2.24) is 9.71 Å². The SMILES string of the molecule is CS(=O)(=O)NC(=O)C1CCCN(c2ncccc2Cl)C1. The van der Waals surface area contributed by atoms with Gasteiger partial charge in [0.25, 0.3) is 0 Å². The highest BCUT2D eigenvalue weighted by atomic mass is 35.5. The summed E-state index contributed by atoms with van der Waals surface area (Å²) in [6.07, 6.45) is 4.06. The van der Waals surface area contributed by atoms with Gasteiger partial charge in [0.2, 0.25) is 15.9 Å². The van der Waals surface area contributed by atoms with Crippen LogP contribution in [0.2, 0.25) is 5.02 Å². The number of anilines is 1. The Morgan fingerprint density at radius 2 is 2.30 bits per heavy atom. The number of sulfonamides is 1. The maximum atomic E-state index is 11.9. The summed E-state index contributed by atoms with van der Waals surface area (Å²) in [7, 11) is -3.52. The van der Waals surface area contributed by atoms with E-state index < -0.39 is 15.9 Å². The number of nitrogens with one attached hydrogen (secondary N) is 1. The topological polar surface area (TPSA) is 79.4 Å². The van der Waals surface area contributed by atoms with Crippen molar-refractivity contribution in [3.63, 3.8) is 0 Å². The molecule has 2 rings (SSSR count). The summed E-state index contributed by atoms with van der Waals surface area (Å²) in [5.74, 6) is -0.216. The molecule has 0 radical (unpaired) electrons. The van der Waals surface area contributed by atoms with E-state index in [4.69, 9.17) is 11.6 Å². The van der Waals surface area contributed by atoms with Gasteiger partial charge in [-0.1, -0.05) is 11.6 Å². The zero-order chi connectivity index (χ0) is 14.8. The lowest BCUT2D eigenvalue weighted by atomic mass is 9.97. The van der Waals surface area contributed by atoms with Gasteiger partial charge in [-0.15, -0.1) is 0 Å². The van der Waals surface area contributed by atoms with Crippen molar-refractivity contribution >= 4 is 33.3 Å². The predicted octanol–water partition coefficient (Wildman–Crippen LogP) is 1.03. The molecule has 0 saturated carbocycles. The minimum absolute atomic E-state index is 0.378. The van der Waals surface area contributed by atoms with E-state index in [0.717, 1.165) is 19.2 Å². The van der Waals surface area contributed by atoms with Crippen molar-refractivity contribution in [3.8, 4) is 0 Å². The van der Waals surface area contributed by atoms with Crippen LogP contribution in [-0.4, -0.2) is 38.7 Å². The smallest absolute Gasteiger partial charge is 0.238 e. The van der Waals surface area contributed by atoms with Gasteiger partial charge in [-0.05, 0) is 25.0 Å². The number of rotatable bonds is 3. The van der Waals surface area contributed by atoms with Gasteiger partial charge in [0, 0.05) is 19.3 Å². The first-order chi connectivity index (χ1) is 9.37. The molecule has 1 fully saturated rings. The molecule has 1 aromatic rings. The molecule has 0 aliphatic carbocycles. The molecule has 2 heterocycles. The van der Waals surface area contributed by atoms with E-state index in [1.807, 2.05) is 9.62 Å². The molecule has 0 bridgehead atoms. The lowest BCUT2D eigenvalue weighted by Gasteiger charge is -2.33. The van der Waals surface area contributed by atoms with E-state index in [0.29, 0.717) is 23.8 Å². The molecule has 1 atom stereocenters. The van der Waals surface area contributed by atoms with Crippen molar-refractivity contribution in [2.24, 2.45) is 5.92 Å². The minimum Gasteiger partial charge on any atom is -0.355 e. The number of piperidine rings is 1. The summed E-state index contributed by atoms with van der Waals surface area (Å²) in [6, 6.07) is 3.48. The second-order valence-electron chi connectivity index (χ2n) is 4.83. The van der Waals surface area contributed by atoms with Gasteiger partial charge in [-0.25, -0.2) is 13.4 Å². The van der Waals surface area contributed by atoms with E-state index >= 15 is 0 Å². The molecule has 1 saturated heterocycles. The van der Waals surface area contributed by atoms with Gasteiger partial charge < -0.3 is 4.90 Å². The molecular formula is C12H16ClN3O3S. The third-order valence-corrected chi connectivity index (χ3v) is 3.98. The lowest BCUT2D eigenvalue weighted by Crippen LogP contribution is -2.44. The molecule has 1 unspecified atom stereocenters. The van der Waals surface area contributed by atoms with Gasteiger partial charge in [-0.3, -0.25) is 9.52 Å². The third kappa shape index (κ3) is 3.83. The zero-order valence-corrected chi connectivity index (χ0v) is 12.6. The molecule has 20 heavy (non-hydrogen) atoms. The second-order valence-corrected chi connectivity index (χ2v) is 6.99. The van der Waals surface area contributed by atoms with Crippen LogP contribution in [0.1, 0.15) is 12.8 Å². The van der Waals surface area contributed by atoms with Crippen molar-refractivity contribution in [1.29, 1.82) is 0 Å². The van der Waals surface area contributed by atoms with Crippen molar-refractivity contribution in [2.45, 2.75) is 12.8 Å². The van der Waals surface area contributed by atoms with Gasteiger partial charge in [0.1, 0.15) is 5.82 Å². The average Bonchev–Trinajstić information content (AvgIpc) is 2.37. The molecule has 6 nitrogen and oxygen atoms in total. The van der Waals surface area contributed by atoms with E-state index in [1.54, 1.807) is 18.3 Å². The lowest BCUT2D eigenvalue weighted by molar-refractivity contribution is -0.123. The standard InChI is InChI=1S/C12H16ClN3O3S/c1-20(18,19)15-12(17)9-4-3-7-16(8-9)11-10(13)5-2-6-14-11/h2,5-6,9H,3-4,7-8H2,1H3,(H,15,17). The summed E-state index contributed by atoms with van der Waals surface area (Å²) in [5, 5.41) is 0.525. The van der Waals surface area contributed by atoms with Crippen molar-refractivity contribution in [3.05, 3.63) is 23.4 Å². The number of pyridine rings is 1. The Kier molecular flexibility index (Phi) is 4.49. The van der Waals surface area contributed by atoms with Crippen LogP contribution in [0.4, 0.5) is 5.82 Å². The van der Waals surface area contributed by atoms with Gasteiger partial charge >= 0.3 is 0 Å². The van der Waals surface area contributed by atoms with Crippen LogP contribution in [0.5, 0.6) is 0 Å². The zero-order valence-electron chi connectivity index (χ0n) is 11.0. The number of amides is 1. The Bertz CT molecular complexity index is 606. The van der Waals surface area contributed by atoms with Crippen LogP contribution in [0.15, 0.2) is 18.3 Å². The Balaban J connectivity index is 2.09. The number of carbonyl (C=O) groups excluding carboxylic acids is 1. The van der Waals surface area contributed by atoms with Crippen LogP contribution in [0.3, 0.4) is 0 Å². The van der Waals surface area contributed by atoms with Crippen molar-refractivity contribution < 1.29 is 13.2 Å². The maximum Gasteiger partial charge on any atom is 0.238 e. The molecule has 8 heteroatoms. The Labute approximate surface area is 123 Å². The van der Waals surface area contributed by atoms with Gasteiger partial charge in [-0.2, -0.15) is 0 Å². The van der Waals surface area contributed by atoms with Crippen LogP contribution >= 0.6 is 11.6 Å². The van der Waals surface area contributed by atoms with Gasteiger partial charge in [0.05, 0.1) is 17.2 Å². The molecule has 0 aromatic carbocycles. The Morgan fingerprint density at radius 3 is 2.95 bits per heavy atom. The molecule has 1 aromatic heterocycles. The second kappa shape index (κ2) is 5.97. The first-order valence-electron chi connectivity index (χ1n) is 6.24. The number of carbonyl (C=O) groups is 1. The van der Waals surface area contributed by atoms with E-state index in [2.05, 4.69) is 4.98 Å². The highest BCUT2D eigenvalue weighted by Gasteiger charge is 2.28. The van der Waals surface area contributed by atoms with Crippen LogP contribution < -0.4 is 9.62 Å². The maximum absolute atomic E-state index is 11.9. The van der Waals surface area contributed by atoms with E-state index in [1.165, 1.54) is 0 Å². The molecule has 1 aliphatic heterocycles. The fourth-order valence-corrected chi connectivity index (χ4v) is 3.03.